The van der Waals surface area contributed by atoms with Crippen LogP contribution in [0.1, 0.15) is 55.3 Å². The van der Waals surface area contributed by atoms with Crippen molar-refractivity contribution in [1.29, 1.82) is 0 Å². The van der Waals surface area contributed by atoms with Crippen molar-refractivity contribution in [3.05, 3.63) is 88.4 Å². The number of aromatic amines is 1. The van der Waals surface area contributed by atoms with Gasteiger partial charge in [0.25, 0.3) is 11.8 Å². The van der Waals surface area contributed by atoms with Gasteiger partial charge in [0.1, 0.15) is 17.3 Å². The lowest BCUT2D eigenvalue weighted by Crippen LogP contribution is -2.41. The van der Waals surface area contributed by atoms with Crippen LogP contribution in [0.5, 0.6) is 0 Å². The predicted octanol–water partition coefficient (Wildman–Crippen LogP) is 3.76. The Hall–Kier alpha value is -4.54. The largest absolute Gasteiger partial charge is 0.478 e. The Kier molecular flexibility index (Phi) is 5.33. The van der Waals surface area contributed by atoms with Gasteiger partial charge in [-0.2, -0.15) is 5.10 Å². The molecule has 2 aromatic carbocycles. The van der Waals surface area contributed by atoms with Crippen molar-refractivity contribution in [1.82, 2.24) is 24.6 Å². The number of halogens is 2. The molecule has 2 aliphatic rings. The second kappa shape index (κ2) is 8.51. The number of carboxylic acids is 1. The van der Waals surface area contributed by atoms with E-state index in [4.69, 9.17) is 0 Å². The van der Waals surface area contributed by atoms with Crippen molar-refractivity contribution in [2.45, 2.75) is 31.5 Å². The van der Waals surface area contributed by atoms with Gasteiger partial charge in [0.15, 0.2) is 0 Å². The third kappa shape index (κ3) is 3.73. The van der Waals surface area contributed by atoms with Crippen molar-refractivity contribution < 1.29 is 28.3 Å². The molecule has 1 aliphatic carbocycles. The van der Waals surface area contributed by atoms with Crippen LogP contribution >= 0.6 is 0 Å². The zero-order valence-corrected chi connectivity index (χ0v) is 20.4. The first kappa shape index (κ1) is 23.8. The predicted molar refractivity (Wildman–Crippen MR) is 132 cm³/mol. The van der Waals surface area contributed by atoms with Gasteiger partial charge in [-0.3, -0.25) is 14.3 Å². The molecule has 3 heterocycles. The molecule has 0 bridgehead atoms. The van der Waals surface area contributed by atoms with E-state index in [1.54, 1.807) is 33.7 Å². The van der Waals surface area contributed by atoms with E-state index < -0.39 is 29.0 Å². The normalized spacial score (nSPS) is 15.8. The molecule has 1 aliphatic heterocycles. The van der Waals surface area contributed by atoms with Crippen molar-refractivity contribution >= 4 is 28.7 Å². The van der Waals surface area contributed by atoms with Gasteiger partial charge in [0.05, 0.1) is 47.2 Å². The molecule has 38 heavy (non-hydrogen) atoms. The van der Waals surface area contributed by atoms with Crippen molar-refractivity contribution in [3.8, 4) is 0 Å². The standard InChI is InChI=1S/C27H23F2N5O4/c1-32(27(6-7-27)16-4-2-15(3-5-16)26(37)38)24(35)19-13-30-34-9-8-33(14-23(19)34)25(36)22-12-18-20(29)10-17(28)11-21(18)31-22/h2-5,10-13,31H,6-9,14H2,1H3,(H,37,38). The molecule has 0 saturated heterocycles. The zero-order valence-electron chi connectivity index (χ0n) is 20.4. The van der Waals surface area contributed by atoms with Gasteiger partial charge in [-0.05, 0) is 42.7 Å². The number of benzene rings is 2. The number of amides is 2. The molecule has 2 N–H and O–H groups in total. The van der Waals surface area contributed by atoms with E-state index >= 15 is 0 Å². The fourth-order valence-electron chi connectivity index (χ4n) is 5.28. The number of hydrogen-bond donors (Lipinski definition) is 2. The Morgan fingerprint density at radius 1 is 1.08 bits per heavy atom. The summed E-state index contributed by atoms with van der Waals surface area (Å²) in [6.07, 6.45) is 2.99. The maximum Gasteiger partial charge on any atom is 0.335 e. The number of nitrogens with zero attached hydrogens (tertiary/aromatic N) is 4. The molecule has 0 unspecified atom stereocenters. The Morgan fingerprint density at radius 3 is 2.50 bits per heavy atom. The summed E-state index contributed by atoms with van der Waals surface area (Å²) in [5.41, 5.74) is 1.79. The fourth-order valence-corrected chi connectivity index (χ4v) is 5.28. The summed E-state index contributed by atoms with van der Waals surface area (Å²) >= 11 is 0. The second-order valence-corrected chi connectivity index (χ2v) is 9.76. The Labute approximate surface area is 215 Å². The monoisotopic (exact) mass is 519 g/mol. The van der Waals surface area contributed by atoms with Crippen molar-refractivity contribution in [3.63, 3.8) is 0 Å². The van der Waals surface area contributed by atoms with Crippen LogP contribution in [0.2, 0.25) is 0 Å². The zero-order chi connectivity index (χ0) is 26.8. The summed E-state index contributed by atoms with van der Waals surface area (Å²) in [4.78, 5) is 44.1. The van der Waals surface area contributed by atoms with E-state index in [0.29, 0.717) is 24.3 Å². The van der Waals surface area contributed by atoms with E-state index in [9.17, 15) is 28.3 Å². The molecule has 9 nitrogen and oxygen atoms in total. The van der Waals surface area contributed by atoms with E-state index in [1.807, 2.05) is 0 Å². The topological polar surface area (TPSA) is 112 Å². The maximum absolute atomic E-state index is 14.2. The van der Waals surface area contributed by atoms with Crippen LogP contribution in [-0.4, -0.2) is 61.0 Å². The lowest BCUT2D eigenvalue weighted by atomic mass is 10.0. The molecule has 2 amide bonds. The highest BCUT2D eigenvalue weighted by molar-refractivity contribution is 5.99. The average molecular weight is 520 g/mol. The summed E-state index contributed by atoms with van der Waals surface area (Å²) in [5.74, 6) is -3.15. The van der Waals surface area contributed by atoms with Gasteiger partial charge in [-0.1, -0.05) is 12.1 Å². The van der Waals surface area contributed by atoms with Crippen LogP contribution in [0, 0.1) is 11.6 Å². The molecule has 4 aromatic rings. The minimum Gasteiger partial charge on any atom is -0.478 e. The fraction of sp³-hybridized carbons (Fsp3) is 0.259. The number of nitrogens with one attached hydrogen (secondary N) is 1. The lowest BCUT2D eigenvalue weighted by Gasteiger charge is -2.31. The van der Waals surface area contributed by atoms with Gasteiger partial charge < -0.3 is 19.9 Å². The molecule has 6 rings (SSSR count). The summed E-state index contributed by atoms with van der Waals surface area (Å²) in [6.45, 7) is 0.840. The minimum absolute atomic E-state index is 0.125. The van der Waals surface area contributed by atoms with Crippen LogP contribution in [0.3, 0.4) is 0 Å². The van der Waals surface area contributed by atoms with Gasteiger partial charge in [0, 0.05) is 25.0 Å². The number of carbonyl (C=O) groups is 3. The van der Waals surface area contributed by atoms with Crippen LogP contribution in [0.25, 0.3) is 10.9 Å². The number of rotatable bonds is 5. The van der Waals surface area contributed by atoms with Crippen molar-refractivity contribution in [2.24, 2.45) is 0 Å². The number of aromatic nitrogens is 3. The molecule has 0 atom stereocenters. The van der Waals surface area contributed by atoms with Crippen molar-refractivity contribution in [2.75, 3.05) is 13.6 Å². The molecular weight excluding hydrogens is 496 g/mol. The Bertz CT molecular complexity index is 1620. The van der Waals surface area contributed by atoms with Gasteiger partial charge in [0.2, 0.25) is 0 Å². The van der Waals surface area contributed by atoms with E-state index in [2.05, 4.69) is 10.1 Å². The lowest BCUT2D eigenvalue weighted by molar-refractivity contribution is 0.0669. The summed E-state index contributed by atoms with van der Waals surface area (Å²) in [5, 5.41) is 13.7. The third-order valence-electron chi connectivity index (χ3n) is 7.61. The van der Waals surface area contributed by atoms with E-state index in [1.165, 1.54) is 24.4 Å². The molecule has 1 saturated carbocycles. The molecule has 0 radical (unpaired) electrons. The molecule has 11 heteroatoms. The third-order valence-corrected chi connectivity index (χ3v) is 7.61. The SMILES string of the molecule is CN(C(=O)c1cnn2c1CN(C(=O)c1cc3c(F)cc(F)cc3[nH]1)CC2)C1(c2ccc(C(=O)O)cc2)CC1. The Balaban J connectivity index is 1.24. The van der Waals surface area contributed by atoms with Crippen LogP contribution < -0.4 is 0 Å². The highest BCUT2D eigenvalue weighted by Gasteiger charge is 2.50. The van der Waals surface area contributed by atoms with Crippen LogP contribution in [0.4, 0.5) is 8.78 Å². The number of fused-ring (bicyclic) bond motifs is 2. The average Bonchev–Trinajstić information content (AvgIpc) is 3.42. The molecule has 0 spiro atoms. The first-order valence-electron chi connectivity index (χ1n) is 12.1. The maximum atomic E-state index is 14.2. The number of hydrogen-bond acceptors (Lipinski definition) is 4. The van der Waals surface area contributed by atoms with Gasteiger partial charge in [-0.25, -0.2) is 13.6 Å². The van der Waals surface area contributed by atoms with Gasteiger partial charge in [-0.15, -0.1) is 0 Å². The summed E-state index contributed by atoms with van der Waals surface area (Å²) in [7, 11) is 1.72. The Morgan fingerprint density at radius 2 is 1.82 bits per heavy atom. The first-order chi connectivity index (χ1) is 18.2. The highest BCUT2D eigenvalue weighted by Crippen LogP contribution is 2.51. The first-order valence-corrected chi connectivity index (χ1v) is 12.1. The number of carboxylic acid groups (broad SMARTS) is 1. The quantitative estimate of drug-likeness (QED) is 0.417. The van der Waals surface area contributed by atoms with Crippen LogP contribution in [-0.2, 0) is 18.6 Å². The number of carbonyl (C=O) groups excluding carboxylic acids is 2. The number of H-pyrrole nitrogens is 1. The van der Waals surface area contributed by atoms with E-state index in [-0.39, 0.29) is 34.6 Å². The van der Waals surface area contributed by atoms with Gasteiger partial charge >= 0.3 is 5.97 Å². The second-order valence-electron chi connectivity index (χ2n) is 9.76. The smallest absolute Gasteiger partial charge is 0.335 e. The minimum atomic E-state index is -1.01. The summed E-state index contributed by atoms with van der Waals surface area (Å²) in [6, 6.07) is 9.82. The number of aromatic carboxylic acids is 1. The molecule has 194 valence electrons. The molecule has 1 fully saturated rings. The molecular formula is C27H23F2N5O4. The molecule has 2 aromatic heterocycles. The van der Waals surface area contributed by atoms with Crippen LogP contribution in [0.15, 0.2) is 48.7 Å². The highest BCUT2D eigenvalue weighted by atomic mass is 19.1. The van der Waals surface area contributed by atoms with E-state index in [0.717, 1.165) is 30.5 Å². The summed E-state index contributed by atoms with van der Waals surface area (Å²) < 4.78 is 29.5.